The molecular formula is C23H30N4O6S. The van der Waals surface area contributed by atoms with E-state index in [1.807, 2.05) is 12.1 Å². The maximum atomic E-state index is 13.0. The molecule has 0 spiro atoms. The molecule has 3 rings (SSSR count). The molecule has 3 amide bonds. The fraction of sp³-hybridized carbons (Fsp3) is 0.391. The van der Waals surface area contributed by atoms with Crippen LogP contribution in [0.25, 0.3) is 0 Å². The van der Waals surface area contributed by atoms with Crippen LogP contribution in [0.3, 0.4) is 0 Å². The molecular weight excluding hydrogens is 460 g/mol. The smallest absolute Gasteiger partial charge is 0.317 e. The number of nitrogens with one attached hydrogen (secondary N) is 2. The Bertz CT molecular complexity index is 1110. The zero-order chi connectivity index (χ0) is 24.7. The summed E-state index contributed by atoms with van der Waals surface area (Å²) in [6.45, 7) is 3.04. The highest BCUT2D eigenvalue weighted by Crippen LogP contribution is 2.30. The first-order valence-corrected chi connectivity index (χ1v) is 12.4. The number of methoxy groups -OCH3 is 2. The van der Waals surface area contributed by atoms with Crippen molar-refractivity contribution in [2.45, 2.75) is 24.8 Å². The molecule has 2 N–H and O–H groups in total. The fourth-order valence-electron chi connectivity index (χ4n) is 3.50. The Morgan fingerprint density at radius 3 is 2.18 bits per heavy atom. The minimum atomic E-state index is -3.73. The molecule has 11 heteroatoms. The van der Waals surface area contributed by atoms with Gasteiger partial charge in [-0.3, -0.25) is 4.79 Å². The minimum Gasteiger partial charge on any atom is -0.493 e. The van der Waals surface area contributed by atoms with Crippen molar-refractivity contribution in [1.29, 1.82) is 0 Å². The highest BCUT2D eigenvalue weighted by atomic mass is 32.2. The van der Waals surface area contributed by atoms with Gasteiger partial charge in [0.05, 0.1) is 19.1 Å². The minimum absolute atomic E-state index is 0.0617. The molecule has 0 bridgehead atoms. The molecule has 0 radical (unpaired) electrons. The molecule has 2 aromatic rings. The van der Waals surface area contributed by atoms with Gasteiger partial charge in [-0.15, -0.1) is 0 Å². The number of ether oxygens (including phenoxy) is 2. The van der Waals surface area contributed by atoms with Gasteiger partial charge >= 0.3 is 6.03 Å². The van der Waals surface area contributed by atoms with Gasteiger partial charge in [0, 0.05) is 50.9 Å². The second-order valence-corrected chi connectivity index (χ2v) is 9.60. The third-order valence-electron chi connectivity index (χ3n) is 5.52. The van der Waals surface area contributed by atoms with Crippen LogP contribution in [0.5, 0.6) is 11.5 Å². The van der Waals surface area contributed by atoms with Crippen molar-refractivity contribution in [1.82, 2.24) is 14.5 Å². The predicted octanol–water partition coefficient (Wildman–Crippen LogP) is 2.27. The van der Waals surface area contributed by atoms with Crippen LogP contribution in [0.2, 0.25) is 0 Å². The lowest BCUT2D eigenvalue weighted by Crippen LogP contribution is -2.52. The molecule has 10 nitrogen and oxygen atoms in total. The average Bonchev–Trinajstić information content (AvgIpc) is 2.87. The lowest BCUT2D eigenvalue weighted by molar-refractivity contribution is -0.115. The van der Waals surface area contributed by atoms with E-state index in [0.717, 1.165) is 5.56 Å². The van der Waals surface area contributed by atoms with Gasteiger partial charge in [-0.2, -0.15) is 4.31 Å². The van der Waals surface area contributed by atoms with Crippen LogP contribution in [0.4, 0.5) is 10.5 Å². The first-order valence-electron chi connectivity index (χ1n) is 10.9. The molecule has 1 fully saturated rings. The predicted molar refractivity (Wildman–Crippen MR) is 127 cm³/mol. The van der Waals surface area contributed by atoms with Crippen molar-refractivity contribution in [2.24, 2.45) is 0 Å². The molecule has 0 unspecified atom stereocenters. The van der Waals surface area contributed by atoms with E-state index < -0.39 is 10.0 Å². The molecule has 2 aromatic carbocycles. The van der Waals surface area contributed by atoms with E-state index in [9.17, 15) is 18.0 Å². The number of benzene rings is 2. The summed E-state index contributed by atoms with van der Waals surface area (Å²) in [7, 11) is -0.796. The van der Waals surface area contributed by atoms with E-state index in [4.69, 9.17) is 9.47 Å². The van der Waals surface area contributed by atoms with Crippen molar-refractivity contribution in [3.63, 3.8) is 0 Å². The average molecular weight is 491 g/mol. The zero-order valence-corrected chi connectivity index (χ0v) is 20.4. The van der Waals surface area contributed by atoms with Gasteiger partial charge in [0.15, 0.2) is 11.5 Å². The second-order valence-electron chi connectivity index (χ2n) is 7.67. The summed E-state index contributed by atoms with van der Waals surface area (Å²) in [4.78, 5) is 25.7. The lowest BCUT2D eigenvalue weighted by Gasteiger charge is -2.34. The molecule has 0 atom stereocenters. The van der Waals surface area contributed by atoms with Gasteiger partial charge in [0.25, 0.3) is 0 Å². The largest absolute Gasteiger partial charge is 0.493 e. The van der Waals surface area contributed by atoms with Crippen LogP contribution >= 0.6 is 0 Å². The Hall–Kier alpha value is -3.31. The molecule has 0 aromatic heterocycles. The number of carbonyl (C=O) groups is 2. The zero-order valence-electron chi connectivity index (χ0n) is 19.5. The Kier molecular flexibility index (Phi) is 8.35. The number of carbonyl (C=O) groups excluding carboxylic acids is 2. The topological polar surface area (TPSA) is 117 Å². The van der Waals surface area contributed by atoms with Gasteiger partial charge in [-0.05, 0) is 29.8 Å². The van der Waals surface area contributed by atoms with Gasteiger partial charge in [0.2, 0.25) is 15.9 Å². The normalized spacial score (nSPS) is 14.4. The van der Waals surface area contributed by atoms with Crippen LogP contribution in [0.1, 0.15) is 18.9 Å². The van der Waals surface area contributed by atoms with Crippen LogP contribution in [0.15, 0.2) is 47.4 Å². The first-order chi connectivity index (χ1) is 16.3. The summed E-state index contributed by atoms with van der Waals surface area (Å²) >= 11 is 0. The quantitative estimate of drug-likeness (QED) is 0.586. The number of nitrogens with zero attached hydrogens (tertiary/aromatic N) is 2. The Balaban J connectivity index is 1.53. The SMILES string of the molecule is CCC(=O)Nc1ccc(CNC(=O)N2CCN(S(=O)(=O)c3ccc(OC)c(OC)c3)CC2)cc1. The number of piperazine rings is 1. The summed E-state index contributed by atoms with van der Waals surface area (Å²) in [5, 5.41) is 5.63. The Labute approximate surface area is 199 Å². The summed E-state index contributed by atoms with van der Waals surface area (Å²) < 4.78 is 37.8. The maximum absolute atomic E-state index is 13.0. The van der Waals surface area contributed by atoms with Gasteiger partial charge in [0.1, 0.15) is 0 Å². The van der Waals surface area contributed by atoms with E-state index in [1.165, 1.54) is 30.7 Å². The van der Waals surface area contributed by atoms with Gasteiger partial charge in [-0.1, -0.05) is 19.1 Å². The molecule has 184 valence electrons. The van der Waals surface area contributed by atoms with E-state index in [0.29, 0.717) is 30.2 Å². The summed E-state index contributed by atoms with van der Waals surface area (Å²) in [5.41, 5.74) is 1.59. The number of amides is 3. The number of sulfonamides is 1. The third-order valence-corrected chi connectivity index (χ3v) is 7.42. The molecule has 34 heavy (non-hydrogen) atoms. The van der Waals surface area contributed by atoms with E-state index >= 15 is 0 Å². The van der Waals surface area contributed by atoms with Crippen molar-refractivity contribution >= 4 is 27.6 Å². The molecule has 1 aliphatic heterocycles. The third kappa shape index (κ3) is 5.97. The summed E-state index contributed by atoms with van der Waals surface area (Å²) in [5.74, 6) is 0.721. The molecule has 1 saturated heterocycles. The highest BCUT2D eigenvalue weighted by molar-refractivity contribution is 7.89. The Morgan fingerprint density at radius 2 is 1.59 bits per heavy atom. The van der Waals surface area contributed by atoms with Crippen molar-refractivity contribution in [2.75, 3.05) is 45.7 Å². The van der Waals surface area contributed by atoms with E-state index in [-0.39, 0.29) is 43.0 Å². The van der Waals surface area contributed by atoms with Crippen molar-refractivity contribution < 1.29 is 27.5 Å². The highest BCUT2D eigenvalue weighted by Gasteiger charge is 2.30. The summed E-state index contributed by atoms with van der Waals surface area (Å²) in [6, 6.07) is 11.4. The van der Waals surface area contributed by atoms with Crippen LogP contribution in [0, 0.1) is 0 Å². The molecule has 1 heterocycles. The van der Waals surface area contributed by atoms with Crippen molar-refractivity contribution in [3.05, 3.63) is 48.0 Å². The van der Waals surface area contributed by atoms with Gasteiger partial charge in [-0.25, -0.2) is 13.2 Å². The van der Waals surface area contributed by atoms with Crippen LogP contribution < -0.4 is 20.1 Å². The van der Waals surface area contributed by atoms with E-state index in [2.05, 4.69) is 10.6 Å². The van der Waals surface area contributed by atoms with Crippen LogP contribution in [-0.4, -0.2) is 70.0 Å². The number of hydrogen-bond acceptors (Lipinski definition) is 6. The van der Waals surface area contributed by atoms with Crippen molar-refractivity contribution in [3.8, 4) is 11.5 Å². The standard InChI is InChI=1S/C23H30N4O6S/c1-4-22(28)25-18-7-5-17(6-8-18)16-24-23(29)26-11-13-27(14-12-26)34(30,31)19-9-10-20(32-2)21(15-19)33-3/h5-10,15H,4,11-14,16H2,1-3H3,(H,24,29)(H,25,28). The second kappa shape index (κ2) is 11.2. The lowest BCUT2D eigenvalue weighted by atomic mass is 10.2. The molecule has 0 saturated carbocycles. The van der Waals surface area contributed by atoms with E-state index in [1.54, 1.807) is 30.0 Å². The van der Waals surface area contributed by atoms with Crippen LogP contribution in [-0.2, 0) is 21.4 Å². The number of urea groups is 1. The monoisotopic (exact) mass is 490 g/mol. The molecule has 0 aliphatic carbocycles. The number of rotatable bonds is 8. The fourth-order valence-corrected chi connectivity index (χ4v) is 4.94. The summed E-state index contributed by atoms with van der Waals surface area (Å²) in [6.07, 6.45) is 0.403. The van der Waals surface area contributed by atoms with Gasteiger partial charge < -0.3 is 25.0 Å². The molecule has 1 aliphatic rings. The Morgan fingerprint density at radius 1 is 0.941 bits per heavy atom. The first kappa shape index (κ1) is 25.3. The maximum Gasteiger partial charge on any atom is 0.317 e. The number of anilines is 1. The number of hydrogen-bond donors (Lipinski definition) is 2.